The molecule has 0 aliphatic carbocycles. The summed E-state index contributed by atoms with van der Waals surface area (Å²) in [6.45, 7) is 16.2. The van der Waals surface area contributed by atoms with Crippen molar-refractivity contribution in [3.05, 3.63) is 75.9 Å². The third-order valence-electron chi connectivity index (χ3n) is 9.07. The van der Waals surface area contributed by atoms with Crippen LogP contribution in [0.25, 0.3) is 50.4 Å². The van der Waals surface area contributed by atoms with Crippen molar-refractivity contribution in [2.75, 3.05) is 6.54 Å². The molecule has 0 aromatic carbocycles. The van der Waals surface area contributed by atoms with Crippen molar-refractivity contribution in [1.82, 2.24) is 19.9 Å². The Labute approximate surface area is 264 Å². The summed E-state index contributed by atoms with van der Waals surface area (Å²) in [6.07, 6.45) is 5.50. The van der Waals surface area contributed by atoms with Gasteiger partial charge >= 0.3 is 0 Å². The van der Waals surface area contributed by atoms with Crippen LogP contribution in [0.2, 0.25) is 0 Å². The normalized spacial score (nSPS) is 13.0. The van der Waals surface area contributed by atoms with Crippen molar-refractivity contribution in [3.63, 3.8) is 0 Å². The van der Waals surface area contributed by atoms with E-state index in [1.54, 1.807) is 13.8 Å². The minimum atomic E-state index is 0.136. The lowest BCUT2D eigenvalue weighted by atomic mass is 9.98. The van der Waals surface area contributed by atoms with Crippen molar-refractivity contribution < 1.29 is 9.59 Å². The van der Waals surface area contributed by atoms with Gasteiger partial charge in [0.1, 0.15) is 11.6 Å². The molecule has 3 aromatic heterocycles. The Hall–Kier alpha value is -4.72. The predicted molar refractivity (Wildman–Crippen MR) is 184 cm³/mol. The molecule has 3 N–H and O–H groups in total. The van der Waals surface area contributed by atoms with E-state index >= 15 is 0 Å². The van der Waals surface area contributed by atoms with Gasteiger partial charge in [0.2, 0.25) is 0 Å². The quantitative estimate of drug-likeness (QED) is 0.149. The first-order chi connectivity index (χ1) is 21.5. The molecule has 0 unspecified atom stereocenters. The molecule has 2 aliphatic heterocycles. The van der Waals surface area contributed by atoms with Gasteiger partial charge in [-0.2, -0.15) is 5.11 Å². The van der Waals surface area contributed by atoms with Crippen LogP contribution in [0, 0.1) is 19.4 Å². The minimum Gasteiger partial charge on any atom is -0.355 e. The molecule has 2 aliphatic rings. The summed E-state index contributed by atoms with van der Waals surface area (Å²) in [5.74, 6) is 0.280. The van der Waals surface area contributed by atoms with Crippen molar-refractivity contribution in [2.45, 2.75) is 80.1 Å². The lowest BCUT2D eigenvalue weighted by molar-refractivity contribution is -0.117. The molecule has 0 amide bonds. The zero-order valence-electron chi connectivity index (χ0n) is 27.2. The Morgan fingerprint density at radius 2 is 1.31 bits per heavy atom. The highest BCUT2D eigenvalue weighted by atomic mass is 16.1. The van der Waals surface area contributed by atoms with Crippen molar-refractivity contribution in [2.24, 2.45) is 5.11 Å². The second kappa shape index (κ2) is 13.1. The number of allylic oxidation sites excluding steroid dienone is 4. The van der Waals surface area contributed by atoms with E-state index in [-0.39, 0.29) is 11.6 Å². The third kappa shape index (κ3) is 6.41. The van der Waals surface area contributed by atoms with Crippen molar-refractivity contribution >= 4 is 62.0 Å². The number of Topliss-reactive ketones (excluding diaryl/α,β-unsaturated/α-hetero) is 2. The number of carbonyl (C=O) groups is 2. The molecular weight excluding hydrogens is 560 g/mol. The van der Waals surface area contributed by atoms with Crippen LogP contribution in [0.5, 0.6) is 0 Å². The van der Waals surface area contributed by atoms with Crippen LogP contribution in [0.3, 0.4) is 0 Å². The summed E-state index contributed by atoms with van der Waals surface area (Å²) in [6, 6.07) is 8.35. The van der Waals surface area contributed by atoms with E-state index in [0.29, 0.717) is 32.2 Å². The molecule has 0 radical (unpaired) electrons. The summed E-state index contributed by atoms with van der Waals surface area (Å²) >= 11 is 0. The predicted octanol–water partition coefficient (Wildman–Crippen LogP) is 9.14. The van der Waals surface area contributed by atoms with Gasteiger partial charge in [0.15, 0.2) is 0 Å². The first-order valence-corrected chi connectivity index (χ1v) is 15.6. The number of ketones is 2. The second-order valence-electron chi connectivity index (χ2n) is 12.2. The lowest BCUT2D eigenvalue weighted by Gasteiger charge is -2.04. The van der Waals surface area contributed by atoms with Crippen LogP contribution >= 0.6 is 0 Å². The maximum Gasteiger partial charge on any atom is 0.130 e. The molecule has 0 saturated carbocycles. The van der Waals surface area contributed by atoms with Gasteiger partial charge in [-0.1, -0.05) is 12.7 Å². The fourth-order valence-electron chi connectivity index (χ4n) is 6.33. The summed E-state index contributed by atoms with van der Waals surface area (Å²) < 4.78 is 0. The molecule has 3 aromatic rings. The van der Waals surface area contributed by atoms with Crippen LogP contribution in [-0.4, -0.2) is 38.0 Å². The maximum absolute atomic E-state index is 12.1. The van der Waals surface area contributed by atoms with Crippen LogP contribution in [-0.2, 0) is 16.0 Å². The first kappa shape index (κ1) is 31.7. The molecule has 0 spiro atoms. The van der Waals surface area contributed by atoms with Gasteiger partial charge in [0.25, 0.3) is 0 Å². The number of fused-ring (bicyclic) bond motifs is 8. The number of aromatic amines is 2. The topological polar surface area (TPSA) is 128 Å². The number of hydrogen-bond acceptors (Lipinski definition) is 6. The molecule has 8 heteroatoms. The number of nitrogens with one attached hydrogen (secondary N) is 3. The Bertz CT molecular complexity index is 1970. The Morgan fingerprint density at radius 3 is 1.91 bits per heavy atom. The van der Waals surface area contributed by atoms with E-state index < -0.39 is 0 Å². The average Bonchev–Trinajstić information content (AvgIpc) is 3.64. The van der Waals surface area contributed by atoms with Gasteiger partial charge in [0, 0.05) is 40.5 Å². The maximum atomic E-state index is 12.1. The molecule has 5 rings (SSSR count). The molecule has 45 heavy (non-hydrogen) atoms. The highest BCUT2D eigenvalue weighted by Gasteiger charge is 2.22. The van der Waals surface area contributed by atoms with Crippen LogP contribution in [0.15, 0.2) is 36.0 Å². The number of hydrogen-bond donors (Lipinski definition) is 3. The summed E-state index contributed by atoms with van der Waals surface area (Å²) in [7, 11) is 0. The average molecular weight is 603 g/mol. The molecule has 0 atom stereocenters. The van der Waals surface area contributed by atoms with Gasteiger partial charge in [-0.3, -0.25) is 0 Å². The Kier molecular flexibility index (Phi) is 9.23. The minimum absolute atomic E-state index is 0.136. The van der Waals surface area contributed by atoms with Gasteiger partial charge < -0.3 is 19.6 Å². The fourth-order valence-corrected chi connectivity index (χ4v) is 6.33. The highest BCUT2D eigenvalue weighted by Crippen LogP contribution is 2.38. The van der Waals surface area contributed by atoms with Crippen LogP contribution in [0.1, 0.15) is 105 Å². The number of H-pyrrole nitrogens is 2. The van der Waals surface area contributed by atoms with E-state index in [1.165, 1.54) is 0 Å². The largest absolute Gasteiger partial charge is 0.355 e. The molecule has 0 fully saturated rings. The van der Waals surface area contributed by atoms with E-state index in [0.717, 1.165) is 102 Å². The van der Waals surface area contributed by atoms with E-state index in [2.05, 4.69) is 73.6 Å². The van der Waals surface area contributed by atoms with Crippen LogP contribution in [0.4, 0.5) is 0 Å². The smallest absolute Gasteiger partial charge is 0.130 e. The first-order valence-electron chi connectivity index (χ1n) is 15.6. The van der Waals surface area contributed by atoms with Crippen molar-refractivity contribution in [1.29, 1.82) is 5.53 Å². The summed E-state index contributed by atoms with van der Waals surface area (Å²) in [4.78, 5) is 41.6. The number of aryl methyl sites for hydroxylation is 3. The second-order valence-corrected chi connectivity index (χ2v) is 12.2. The summed E-state index contributed by atoms with van der Waals surface area (Å²) in [5, 5.41) is 3.57. The SMILES string of the molecule is C=Cc1c(C)c2cc3nc(cc4nc(cc5[nH]c(cc1[nH]2)c(C)c5CCC(C)=O)C(CCC(C)=O)=C4C)C(C)=C3CCCN=N. The van der Waals surface area contributed by atoms with Crippen molar-refractivity contribution in [3.8, 4) is 0 Å². The van der Waals surface area contributed by atoms with Gasteiger partial charge in [-0.05, 0) is 130 Å². The summed E-state index contributed by atoms with van der Waals surface area (Å²) in [5.41, 5.74) is 23.0. The number of aromatic nitrogens is 4. The molecule has 232 valence electrons. The van der Waals surface area contributed by atoms with Gasteiger partial charge in [0.05, 0.1) is 29.3 Å². The third-order valence-corrected chi connectivity index (χ3v) is 9.07. The lowest BCUT2D eigenvalue weighted by Crippen LogP contribution is -1.95. The number of rotatable bonds is 11. The molecule has 8 nitrogen and oxygen atoms in total. The van der Waals surface area contributed by atoms with E-state index in [9.17, 15) is 9.59 Å². The standard InChI is InChI=1S/C37H42N6O2/c1-8-26-22(4)32-18-35-27(10-9-15-39-38)23(5)30(41-35)16-31-24(6)28(13-11-20(2)44)36(42-31)19-37-29(14-12-21(3)45)25(7)33(43-37)17-34(26)40-32/h8,16-19,38,40,43H,1,9-15H2,2-7H3. The molecular formula is C37H42N6O2. The van der Waals surface area contributed by atoms with E-state index in [4.69, 9.17) is 15.5 Å². The van der Waals surface area contributed by atoms with E-state index in [1.807, 2.05) is 6.08 Å². The Balaban J connectivity index is 1.90. The molecule has 5 heterocycles. The molecule has 8 bridgehead atoms. The van der Waals surface area contributed by atoms with Crippen LogP contribution < -0.4 is 0 Å². The molecule has 0 saturated heterocycles. The zero-order valence-corrected chi connectivity index (χ0v) is 27.2. The van der Waals surface area contributed by atoms with Gasteiger partial charge in [-0.15, -0.1) is 0 Å². The Morgan fingerprint density at radius 1 is 0.756 bits per heavy atom. The zero-order chi connectivity index (χ0) is 32.4. The highest BCUT2D eigenvalue weighted by molar-refractivity contribution is 5.96. The monoisotopic (exact) mass is 602 g/mol. The number of carbonyl (C=O) groups excluding carboxylic acids is 2. The van der Waals surface area contributed by atoms with Gasteiger partial charge in [-0.25, -0.2) is 15.5 Å². The fraction of sp³-hybridized carbons (Fsp3) is 0.351. The number of nitrogens with zero attached hydrogens (tertiary/aromatic N) is 3.